The number of carbonyl (C=O) groups is 1. The number of ketones is 1. The number of benzene rings is 1. The smallest absolute Gasteiger partial charge is 0.387 e. The molecule has 0 bridgehead atoms. The summed E-state index contributed by atoms with van der Waals surface area (Å²) in [5.74, 6) is -0.201. The molecule has 2 rings (SSSR count). The average Bonchev–Trinajstić information content (AvgIpc) is 2.88. The van der Waals surface area contributed by atoms with E-state index in [-0.39, 0.29) is 17.2 Å². The minimum atomic E-state index is -2.91. The Kier molecular flexibility index (Phi) is 6.13. The summed E-state index contributed by atoms with van der Waals surface area (Å²) in [5, 5.41) is 6.26. The van der Waals surface area contributed by atoms with Gasteiger partial charge >= 0.3 is 12.3 Å². The van der Waals surface area contributed by atoms with Crippen LogP contribution in [0, 0.1) is 0 Å². The number of aromatic amines is 1. The molecular weight excluding hydrogens is 340 g/mol. The summed E-state index contributed by atoms with van der Waals surface area (Å²) in [6.07, 6.45) is 0.765. The van der Waals surface area contributed by atoms with Gasteiger partial charge in [-0.2, -0.15) is 8.78 Å². The molecule has 0 fully saturated rings. The van der Waals surface area contributed by atoms with Gasteiger partial charge in [0.2, 0.25) is 0 Å². The van der Waals surface area contributed by atoms with Gasteiger partial charge in [-0.25, -0.2) is 9.89 Å². The SMILES string of the molecule is CCCn1c(S[C@@H](C)C(=O)c2ccc(OC(F)F)cc2)n[nH]c1=O. The second-order valence-corrected chi connectivity index (χ2v) is 6.30. The van der Waals surface area contributed by atoms with Crippen LogP contribution in [0.15, 0.2) is 34.2 Å². The number of ether oxygens (including phenoxy) is 1. The number of nitrogens with zero attached hydrogens (tertiary/aromatic N) is 2. The van der Waals surface area contributed by atoms with Crippen molar-refractivity contribution in [3.63, 3.8) is 0 Å². The maximum absolute atomic E-state index is 12.4. The van der Waals surface area contributed by atoms with Gasteiger partial charge in [-0.3, -0.25) is 9.36 Å². The quantitative estimate of drug-likeness (QED) is 0.581. The minimum Gasteiger partial charge on any atom is -0.435 e. The van der Waals surface area contributed by atoms with E-state index in [2.05, 4.69) is 14.9 Å². The highest BCUT2D eigenvalue weighted by Crippen LogP contribution is 2.24. The number of H-pyrrole nitrogens is 1. The number of thioether (sulfide) groups is 1. The molecule has 0 spiro atoms. The zero-order valence-electron chi connectivity index (χ0n) is 13.2. The van der Waals surface area contributed by atoms with Crippen molar-refractivity contribution in [1.29, 1.82) is 0 Å². The minimum absolute atomic E-state index is 0.00839. The molecule has 0 aliphatic heterocycles. The Bertz CT molecular complexity index is 743. The van der Waals surface area contributed by atoms with E-state index < -0.39 is 11.9 Å². The Morgan fingerprint density at radius 2 is 2.04 bits per heavy atom. The van der Waals surface area contributed by atoms with Crippen LogP contribution < -0.4 is 10.4 Å². The van der Waals surface area contributed by atoms with Crippen molar-refractivity contribution in [1.82, 2.24) is 14.8 Å². The molecule has 0 radical (unpaired) electrons. The first kappa shape index (κ1) is 18.2. The van der Waals surface area contributed by atoms with E-state index in [1.54, 1.807) is 6.92 Å². The van der Waals surface area contributed by atoms with Crippen LogP contribution in [0.5, 0.6) is 5.75 Å². The lowest BCUT2D eigenvalue weighted by Gasteiger charge is -2.11. The molecule has 0 aliphatic rings. The molecule has 24 heavy (non-hydrogen) atoms. The lowest BCUT2D eigenvalue weighted by molar-refractivity contribution is -0.0498. The molecule has 1 aromatic carbocycles. The highest BCUT2D eigenvalue weighted by atomic mass is 32.2. The molecule has 0 aliphatic carbocycles. The maximum atomic E-state index is 12.4. The monoisotopic (exact) mass is 357 g/mol. The molecule has 6 nitrogen and oxygen atoms in total. The van der Waals surface area contributed by atoms with Gasteiger partial charge in [-0.05, 0) is 37.6 Å². The molecule has 1 atom stereocenters. The number of Topliss-reactive ketones (excluding diaryl/α,β-unsaturated/α-hetero) is 1. The van der Waals surface area contributed by atoms with Crippen LogP contribution in [0.1, 0.15) is 30.6 Å². The largest absolute Gasteiger partial charge is 0.435 e. The fraction of sp³-hybridized carbons (Fsp3) is 0.400. The average molecular weight is 357 g/mol. The zero-order chi connectivity index (χ0) is 17.7. The summed E-state index contributed by atoms with van der Waals surface area (Å²) in [5.41, 5.74) is 0.0593. The van der Waals surface area contributed by atoms with E-state index in [9.17, 15) is 18.4 Å². The van der Waals surface area contributed by atoms with Gasteiger partial charge in [0.25, 0.3) is 0 Å². The van der Waals surface area contributed by atoms with Gasteiger partial charge < -0.3 is 4.74 Å². The molecule has 0 amide bonds. The molecule has 130 valence electrons. The summed E-state index contributed by atoms with van der Waals surface area (Å²) in [4.78, 5) is 24.1. The van der Waals surface area contributed by atoms with Crippen molar-refractivity contribution in [3.05, 3.63) is 40.3 Å². The highest BCUT2D eigenvalue weighted by molar-refractivity contribution is 8.00. The second-order valence-electron chi connectivity index (χ2n) is 4.99. The van der Waals surface area contributed by atoms with Gasteiger partial charge in [0.15, 0.2) is 10.9 Å². The summed E-state index contributed by atoms with van der Waals surface area (Å²) in [7, 11) is 0. The van der Waals surface area contributed by atoms with Crippen LogP contribution in [0.4, 0.5) is 8.78 Å². The Labute approximate surface area is 141 Å². The lowest BCUT2D eigenvalue weighted by Crippen LogP contribution is -2.19. The number of nitrogens with one attached hydrogen (secondary N) is 1. The van der Waals surface area contributed by atoms with E-state index in [0.29, 0.717) is 17.3 Å². The third-order valence-corrected chi connectivity index (χ3v) is 4.28. The van der Waals surface area contributed by atoms with Gasteiger partial charge in [-0.1, -0.05) is 18.7 Å². The van der Waals surface area contributed by atoms with Crippen LogP contribution in [-0.4, -0.2) is 32.4 Å². The molecule has 1 N–H and O–H groups in total. The summed E-state index contributed by atoms with van der Waals surface area (Å²) < 4.78 is 30.0. The first-order valence-corrected chi connectivity index (χ1v) is 8.21. The van der Waals surface area contributed by atoms with Crippen molar-refractivity contribution in [3.8, 4) is 5.75 Å². The molecule has 9 heteroatoms. The molecule has 0 unspecified atom stereocenters. The highest BCUT2D eigenvalue weighted by Gasteiger charge is 2.20. The van der Waals surface area contributed by atoms with Gasteiger partial charge in [0.1, 0.15) is 5.75 Å². The van der Waals surface area contributed by atoms with Crippen molar-refractivity contribution < 1.29 is 18.3 Å². The predicted octanol–water partition coefficient (Wildman–Crippen LogP) is 2.95. The Morgan fingerprint density at radius 3 is 2.62 bits per heavy atom. The van der Waals surface area contributed by atoms with Gasteiger partial charge in [0, 0.05) is 12.1 Å². The third-order valence-electron chi connectivity index (χ3n) is 3.19. The molecule has 0 saturated carbocycles. The third kappa shape index (κ3) is 4.44. The standard InChI is InChI=1S/C15H17F2N3O3S/c1-3-8-20-14(22)18-19-15(20)24-9(2)12(21)10-4-6-11(7-5-10)23-13(16)17/h4-7,9,13H,3,8H2,1-2H3,(H,18,22)/t9-/m0/s1. The van der Waals surface area contributed by atoms with Crippen LogP contribution in [0.2, 0.25) is 0 Å². The second kappa shape index (κ2) is 8.09. The van der Waals surface area contributed by atoms with Crippen LogP contribution >= 0.6 is 11.8 Å². The van der Waals surface area contributed by atoms with E-state index >= 15 is 0 Å². The number of aromatic nitrogens is 3. The van der Waals surface area contributed by atoms with E-state index in [4.69, 9.17) is 0 Å². The van der Waals surface area contributed by atoms with Crippen LogP contribution in [0.3, 0.4) is 0 Å². The van der Waals surface area contributed by atoms with Gasteiger partial charge in [0.05, 0.1) is 5.25 Å². The molecule has 1 heterocycles. The number of hydrogen-bond donors (Lipinski definition) is 1. The predicted molar refractivity (Wildman–Crippen MR) is 85.9 cm³/mol. The summed E-state index contributed by atoms with van der Waals surface area (Å²) in [6, 6.07) is 5.50. The van der Waals surface area contributed by atoms with Crippen molar-refractivity contribution in [2.24, 2.45) is 0 Å². The topological polar surface area (TPSA) is 77.0 Å². The summed E-state index contributed by atoms with van der Waals surface area (Å²) in [6.45, 7) is 1.24. The van der Waals surface area contributed by atoms with Crippen LogP contribution in [0.25, 0.3) is 0 Å². The van der Waals surface area contributed by atoms with Crippen molar-refractivity contribution in [2.75, 3.05) is 0 Å². The number of hydrogen-bond acceptors (Lipinski definition) is 5. The number of rotatable bonds is 8. The summed E-state index contributed by atoms with van der Waals surface area (Å²) >= 11 is 1.17. The van der Waals surface area contributed by atoms with E-state index in [1.165, 1.54) is 40.6 Å². The first-order chi connectivity index (χ1) is 11.4. The molecule has 2 aromatic rings. The molecular formula is C15H17F2N3O3S. The number of alkyl halides is 2. The number of carbonyl (C=O) groups excluding carboxylic acids is 1. The van der Waals surface area contributed by atoms with E-state index in [1.807, 2.05) is 6.92 Å². The first-order valence-electron chi connectivity index (χ1n) is 7.33. The fourth-order valence-corrected chi connectivity index (χ4v) is 3.02. The van der Waals surface area contributed by atoms with Crippen LogP contribution in [-0.2, 0) is 6.54 Å². The number of halogens is 2. The van der Waals surface area contributed by atoms with E-state index in [0.717, 1.165) is 6.42 Å². The molecule has 0 saturated heterocycles. The lowest BCUT2D eigenvalue weighted by atomic mass is 10.1. The normalized spacial score (nSPS) is 12.4. The fourth-order valence-electron chi connectivity index (χ4n) is 2.06. The maximum Gasteiger partial charge on any atom is 0.387 e. The Morgan fingerprint density at radius 1 is 1.38 bits per heavy atom. The van der Waals surface area contributed by atoms with Crippen molar-refractivity contribution in [2.45, 2.75) is 43.8 Å². The van der Waals surface area contributed by atoms with Crippen molar-refractivity contribution >= 4 is 17.5 Å². The zero-order valence-corrected chi connectivity index (χ0v) is 14.0. The molecule has 1 aromatic heterocycles. The van der Waals surface area contributed by atoms with Gasteiger partial charge in [-0.15, -0.1) is 5.10 Å². The Hall–Kier alpha value is -2.16. The Balaban J connectivity index is 2.08.